The largest absolute Gasteiger partial charge is 0.336 e. The zero-order valence-electron chi connectivity index (χ0n) is 13.6. The van der Waals surface area contributed by atoms with E-state index in [2.05, 4.69) is 0 Å². The lowest BCUT2D eigenvalue weighted by Gasteiger charge is -2.13. The smallest absolute Gasteiger partial charge is 0.247 e. The van der Waals surface area contributed by atoms with Crippen LogP contribution in [0, 0.1) is 0 Å². The van der Waals surface area contributed by atoms with Gasteiger partial charge in [0.1, 0.15) is 0 Å². The fourth-order valence-electron chi connectivity index (χ4n) is 2.36. The van der Waals surface area contributed by atoms with Crippen LogP contribution < -0.4 is 17.1 Å². The molecular weight excluding hydrogens is 385 g/mol. The number of rotatable bonds is 9. The Balaban J connectivity index is 2.46. The number of aromatic nitrogens is 3. The van der Waals surface area contributed by atoms with Gasteiger partial charge >= 0.3 is 17.1 Å². The molecule has 0 aliphatic rings. The van der Waals surface area contributed by atoms with Gasteiger partial charge in [0.25, 0.3) is 0 Å². The number of halogens is 2. The van der Waals surface area contributed by atoms with Gasteiger partial charge in [0.2, 0.25) is 0 Å². The average Bonchev–Trinajstić information content (AvgIpc) is 2.62. The van der Waals surface area contributed by atoms with Crippen molar-refractivity contribution >= 4 is 35.0 Å². The second kappa shape index (κ2) is 9.89. The van der Waals surface area contributed by atoms with E-state index in [4.69, 9.17) is 23.2 Å². The first-order valence-corrected chi connectivity index (χ1v) is 10.0. The standard InChI is InChI=1S/C16H19Cl2N3O3S/c17-6-8-19-14(22)20(9-11-25-10-7-18)16(24)21(15(19)23)12-13-4-2-1-3-5-13/h1-5H,6-12H2. The van der Waals surface area contributed by atoms with Crippen molar-refractivity contribution in [2.75, 3.05) is 23.3 Å². The normalized spacial score (nSPS) is 11.0. The minimum Gasteiger partial charge on any atom is -0.247 e. The van der Waals surface area contributed by atoms with Crippen molar-refractivity contribution in [2.45, 2.75) is 19.6 Å². The van der Waals surface area contributed by atoms with Crippen LogP contribution in [0.3, 0.4) is 0 Å². The second-order valence-corrected chi connectivity index (χ2v) is 7.19. The summed E-state index contributed by atoms with van der Waals surface area (Å²) < 4.78 is 3.19. The topological polar surface area (TPSA) is 66.0 Å². The second-order valence-electron chi connectivity index (χ2n) is 5.21. The number of hydrogen-bond donors (Lipinski definition) is 0. The van der Waals surface area contributed by atoms with Crippen molar-refractivity contribution in [3.05, 3.63) is 67.3 Å². The maximum absolute atomic E-state index is 12.7. The van der Waals surface area contributed by atoms with E-state index in [1.54, 1.807) is 11.8 Å². The minimum absolute atomic E-state index is 0.0586. The molecule has 0 atom stereocenters. The Morgan fingerprint density at radius 1 is 0.760 bits per heavy atom. The van der Waals surface area contributed by atoms with Crippen LogP contribution in [0.2, 0.25) is 0 Å². The van der Waals surface area contributed by atoms with Crippen molar-refractivity contribution in [2.24, 2.45) is 0 Å². The maximum Gasteiger partial charge on any atom is 0.336 e. The van der Waals surface area contributed by atoms with E-state index in [9.17, 15) is 14.4 Å². The van der Waals surface area contributed by atoms with E-state index >= 15 is 0 Å². The highest BCUT2D eigenvalue weighted by atomic mass is 35.5. The molecule has 0 bridgehead atoms. The summed E-state index contributed by atoms with van der Waals surface area (Å²) in [6.07, 6.45) is 0. The van der Waals surface area contributed by atoms with Gasteiger partial charge in [-0.05, 0) is 5.56 Å². The Hall–Kier alpha value is -1.44. The Kier molecular flexibility index (Phi) is 7.87. The Morgan fingerprint density at radius 2 is 1.36 bits per heavy atom. The van der Waals surface area contributed by atoms with Crippen LogP contribution in [0.5, 0.6) is 0 Å². The maximum atomic E-state index is 12.7. The van der Waals surface area contributed by atoms with Gasteiger partial charge in [0.15, 0.2) is 0 Å². The van der Waals surface area contributed by atoms with Crippen LogP contribution in [0.15, 0.2) is 44.7 Å². The van der Waals surface area contributed by atoms with E-state index < -0.39 is 17.1 Å². The quantitative estimate of drug-likeness (QED) is 0.469. The van der Waals surface area contributed by atoms with Gasteiger partial charge in [0.05, 0.1) is 6.54 Å². The van der Waals surface area contributed by atoms with Gasteiger partial charge in [-0.1, -0.05) is 30.3 Å². The fraction of sp³-hybridized carbons (Fsp3) is 0.438. The summed E-state index contributed by atoms with van der Waals surface area (Å²) in [5.74, 6) is 1.91. The Bertz CT molecular complexity index is 862. The molecule has 25 heavy (non-hydrogen) atoms. The third-order valence-corrected chi connectivity index (χ3v) is 5.10. The van der Waals surface area contributed by atoms with Gasteiger partial charge in [-0.3, -0.25) is 0 Å². The molecule has 0 spiro atoms. The van der Waals surface area contributed by atoms with Crippen molar-refractivity contribution < 1.29 is 0 Å². The molecule has 136 valence electrons. The summed E-state index contributed by atoms with van der Waals surface area (Å²) in [5.41, 5.74) is -1.05. The molecule has 9 heteroatoms. The van der Waals surface area contributed by atoms with Gasteiger partial charge in [0, 0.05) is 36.4 Å². The molecule has 2 rings (SSSR count). The first-order valence-electron chi connectivity index (χ1n) is 7.78. The van der Waals surface area contributed by atoms with Gasteiger partial charge in [-0.25, -0.2) is 28.1 Å². The predicted molar refractivity (Wildman–Crippen MR) is 104 cm³/mol. The summed E-state index contributed by atoms with van der Waals surface area (Å²) in [6, 6.07) is 9.16. The summed E-state index contributed by atoms with van der Waals surface area (Å²) in [6.45, 7) is 0.385. The summed E-state index contributed by atoms with van der Waals surface area (Å²) in [7, 11) is 0. The number of hydrogen-bond acceptors (Lipinski definition) is 4. The Labute approximate surface area is 159 Å². The molecule has 0 saturated heterocycles. The van der Waals surface area contributed by atoms with Crippen molar-refractivity contribution in [1.29, 1.82) is 0 Å². The van der Waals surface area contributed by atoms with Gasteiger partial charge in [-0.15, -0.1) is 23.2 Å². The van der Waals surface area contributed by atoms with Crippen LogP contribution in [0.1, 0.15) is 5.56 Å². The zero-order chi connectivity index (χ0) is 18.2. The van der Waals surface area contributed by atoms with Crippen LogP contribution in [0.25, 0.3) is 0 Å². The number of nitrogens with zero attached hydrogens (tertiary/aromatic N) is 3. The highest BCUT2D eigenvalue weighted by molar-refractivity contribution is 7.99. The molecule has 0 radical (unpaired) electrons. The molecule has 0 unspecified atom stereocenters. The molecule has 0 aliphatic carbocycles. The fourth-order valence-corrected chi connectivity index (χ4v) is 3.48. The van der Waals surface area contributed by atoms with Crippen molar-refractivity contribution in [3.8, 4) is 0 Å². The minimum atomic E-state index is -0.635. The SMILES string of the molecule is O=c1n(CCCl)c(=O)n(Cc2ccccc2)c(=O)n1CCSCCCl. The number of alkyl halides is 2. The molecule has 1 aromatic carbocycles. The number of benzene rings is 1. The van der Waals surface area contributed by atoms with Gasteiger partial charge in [-0.2, -0.15) is 11.8 Å². The van der Waals surface area contributed by atoms with Crippen LogP contribution in [0.4, 0.5) is 0 Å². The molecule has 0 aliphatic heterocycles. The Morgan fingerprint density at radius 3 is 1.96 bits per heavy atom. The van der Waals surface area contributed by atoms with E-state index in [1.165, 1.54) is 0 Å². The van der Waals surface area contributed by atoms with Gasteiger partial charge < -0.3 is 0 Å². The summed E-state index contributed by atoms with van der Waals surface area (Å²) in [5, 5.41) is 0. The third kappa shape index (κ3) is 5.03. The lowest BCUT2D eigenvalue weighted by molar-refractivity contribution is 0.481. The predicted octanol–water partition coefficient (Wildman–Crippen LogP) is 1.43. The highest BCUT2D eigenvalue weighted by Gasteiger charge is 2.15. The van der Waals surface area contributed by atoms with Crippen LogP contribution >= 0.6 is 35.0 Å². The molecule has 6 nitrogen and oxygen atoms in total. The summed E-state index contributed by atoms with van der Waals surface area (Å²) >= 11 is 12.9. The van der Waals surface area contributed by atoms with E-state index in [1.807, 2.05) is 30.3 Å². The zero-order valence-corrected chi connectivity index (χ0v) is 15.9. The monoisotopic (exact) mass is 403 g/mol. The molecule has 2 aromatic rings. The lowest BCUT2D eigenvalue weighted by atomic mass is 10.2. The number of thioether (sulfide) groups is 1. The van der Waals surface area contributed by atoms with E-state index in [-0.39, 0.29) is 25.5 Å². The molecule has 0 fully saturated rings. The van der Waals surface area contributed by atoms with E-state index in [0.717, 1.165) is 25.0 Å². The first-order chi connectivity index (χ1) is 12.1. The van der Waals surface area contributed by atoms with E-state index in [0.29, 0.717) is 11.6 Å². The average molecular weight is 404 g/mol. The van der Waals surface area contributed by atoms with Crippen LogP contribution in [-0.4, -0.2) is 37.0 Å². The molecule has 0 N–H and O–H groups in total. The molecule has 1 heterocycles. The van der Waals surface area contributed by atoms with Crippen LogP contribution in [-0.2, 0) is 19.6 Å². The molecular formula is C16H19Cl2N3O3S. The molecule has 0 amide bonds. The van der Waals surface area contributed by atoms with Crippen molar-refractivity contribution in [3.63, 3.8) is 0 Å². The molecule has 1 aromatic heterocycles. The lowest BCUT2D eigenvalue weighted by Crippen LogP contribution is -2.55. The third-order valence-electron chi connectivity index (χ3n) is 3.56. The summed E-state index contributed by atoms with van der Waals surface area (Å²) in [4.78, 5) is 37.7. The highest BCUT2D eigenvalue weighted by Crippen LogP contribution is 2.01. The first kappa shape index (κ1) is 19.9. The molecule has 0 saturated carbocycles. The van der Waals surface area contributed by atoms with Crippen molar-refractivity contribution in [1.82, 2.24) is 13.7 Å².